The van der Waals surface area contributed by atoms with Gasteiger partial charge in [0.05, 0.1) is 40.6 Å². The molecule has 2 amide bonds. The van der Waals surface area contributed by atoms with Crippen LogP contribution in [0.1, 0.15) is 41.9 Å². The van der Waals surface area contributed by atoms with Crippen LogP contribution in [0.5, 0.6) is 0 Å². The molecule has 2 aromatic carbocycles. The number of halogens is 3. The zero-order chi connectivity index (χ0) is 32.2. The molecule has 4 N–H and O–H groups in total. The van der Waals surface area contributed by atoms with Crippen LogP contribution >= 0.6 is 0 Å². The van der Waals surface area contributed by atoms with E-state index in [2.05, 4.69) is 20.6 Å². The lowest BCUT2D eigenvalue weighted by Gasteiger charge is -2.35. The third-order valence-electron chi connectivity index (χ3n) is 8.37. The molecule has 5 atom stereocenters. The minimum atomic E-state index is -3.96. The Kier molecular flexibility index (Phi) is 7.82. The van der Waals surface area contributed by atoms with Crippen LogP contribution in [0.2, 0.25) is 0 Å². The summed E-state index contributed by atoms with van der Waals surface area (Å²) >= 11 is 0. The number of primary amides is 1. The molecule has 12 nitrogen and oxygen atoms in total. The van der Waals surface area contributed by atoms with Gasteiger partial charge in [-0.25, -0.2) is 21.6 Å². The maximum absolute atomic E-state index is 14.7. The Hall–Kier alpha value is -4.41. The molecule has 2 aliphatic heterocycles. The first kappa shape index (κ1) is 30.6. The van der Waals surface area contributed by atoms with Crippen LogP contribution in [0.3, 0.4) is 0 Å². The molecule has 0 bridgehead atoms. The van der Waals surface area contributed by atoms with Crippen LogP contribution in [-0.4, -0.2) is 80.5 Å². The minimum Gasteiger partial charge on any atom is -0.376 e. The summed E-state index contributed by atoms with van der Waals surface area (Å²) in [6, 6.07) is 6.18. The zero-order valence-corrected chi connectivity index (χ0v) is 24.6. The number of aliphatic hydroxyl groups is 1. The number of nitrogens with one attached hydrogen (secondary N) is 1. The van der Waals surface area contributed by atoms with Gasteiger partial charge >= 0.3 is 0 Å². The topological polar surface area (TPSA) is 173 Å². The molecule has 0 spiro atoms. The fourth-order valence-corrected chi connectivity index (χ4v) is 7.76. The number of benzene rings is 2. The van der Waals surface area contributed by atoms with E-state index in [9.17, 15) is 36.3 Å². The Morgan fingerprint density at radius 3 is 2.58 bits per heavy atom. The molecule has 2 aliphatic rings. The van der Waals surface area contributed by atoms with Crippen molar-refractivity contribution in [2.24, 2.45) is 5.73 Å². The summed E-state index contributed by atoms with van der Waals surface area (Å²) in [6.45, 7) is 0.659. The number of rotatable bonds is 7. The molecule has 6 rings (SSSR count). The lowest BCUT2D eigenvalue weighted by molar-refractivity contribution is -0.135. The van der Waals surface area contributed by atoms with Crippen molar-refractivity contribution in [1.82, 2.24) is 30.2 Å². The Morgan fingerprint density at radius 1 is 1.11 bits per heavy atom. The maximum atomic E-state index is 14.7. The van der Waals surface area contributed by atoms with Crippen LogP contribution in [-0.2, 0) is 21.2 Å². The van der Waals surface area contributed by atoms with E-state index < -0.39 is 74.5 Å². The average Bonchev–Trinajstić information content (AvgIpc) is 3.58. The van der Waals surface area contributed by atoms with Gasteiger partial charge in [-0.3, -0.25) is 19.6 Å². The van der Waals surface area contributed by atoms with Gasteiger partial charge in [-0.15, -0.1) is 0 Å². The smallest absolute Gasteiger partial charge is 0.269 e. The van der Waals surface area contributed by atoms with Crippen LogP contribution < -0.4 is 11.1 Å². The van der Waals surface area contributed by atoms with Crippen molar-refractivity contribution in [3.8, 4) is 11.1 Å². The molecule has 16 heteroatoms. The normalized spacial score (nSPS) is 23.2. The summed E-state index contributed by atoms with van der Waals surface area (Å²) < 4.78 is 69.8. The Labute approximate surface area is 254 Å². The van der Waals surface area contributed by atoms with Crippen molar-refractivity contribution >= 4 is 32.6 Å². The van der Waals surface area contributed by atoms with E-state index in [1.165, 1.54) is 17.8 Å². The molecular formula is C29H28F3N7O5S. The quantitative estimate of drug-likeness (QED) is 0.201. The van der Waals surface area contributed by atoms with Crippen molar-refractivity contribution in [3.63, 3.8) is 0 Å². The fourth-order valence-electron chi connectivity index (χ4n) is 6.08. The van der Waals surface area contributed by atoms with E-state index in [1.807, 2.05) is 0 Å². The minimum absolute atomic E-state index is 0.0670. The van der Waals surface area contributed by atoms with E-state index in [0.717, 1.165) is 16.5 Å². The maximum Gasteiger partial charge on any atom is 0.269 e. The number of aliphatic hydroxyl groups excluding tert-OH is 1. The first-order valence-electron chi connectivity index (χ1n) is 14.0. The molecule has 1 saturated heterocycles. The number of aromatic nitrogens is 4. The van der Waals surface area contributed by atoms with Gasteiger partial charge in [0.2, 0.25) is 5.91 Å². The summed E-state index contributed by atoms with van der Waals surface area (Å²) in [5.74, 6) is -4.02. The van der Waals surface area contributed by atoms with Gasteiger partial charge in [-0.1, -0.05) is 6.07 Å². The van der Waals surface area contributed by atoms with Crippen molar-refractivity contribution in [1.29, 1.82) is 0 Å². The van der Waals surface area contributed by atoms with E-state index in [1.54, 1.807) is 30.5 Å². The number of hydrogen-bond acceptors (Lipinski definition) is 9. The number of hydrogen-bond donors (Lipinski definition) is 3. The summed E-state index contributed by atoms with van der Waals surface area (Å²) in [5.41, 5.74) is 7.27. The lowest BCUT2D eigenvalue weighted by atomic mass is 9.99. The first-order chi connectivity index (χ1) is 21.3. The molecule has 45 heavy (non-hydrogen) atoms. The van der Waals surface area contributed by atoms with E-state index in [0.29, 0.717) is 22.5 Å². The third-order valence-corrected chi connectivity index (χ3v) is 10.6. The van der Waals surface area contributed by atoms with Crippen molar-refractivity contribution < 1.29 is 36.3 Å². The predicted octanol–water partition coefficient (Wildman–Crippen LogP) is 2.02. The second-order valence-electron chi connectivity index (χ2n) is 11.2. The van der Waals surface area contributed by atoms with E-state index >= 15 is 0 Å². The van der Waals surface area contributed by atoms with Gasteiger partial charge in [0.1, 0.15) is 18.9 Å². The number of amides is 2. The van der Waals surface area contributed by atoms with Crippen molar-refractivity contribution in [2.45, 2.75) is 60.9 Å². The van der Waals surface area contributed by atoms with Gasteiger partial charge in [0, 0.05) is 23.4 Å². The average molecular weight is 644 g/mol. The highest BCUT2D eigenvalue weighted by molar-refractivity contribution is 7.92. The third kappa shape index (κ3) is 5.53. The summed E-state index contributed by atoms with van der Waals surface area (Å²) in [5, 5.41) is 25.2. The molecule has 1 fully saturated rings. The monoisotopic (exact) mass is 643 g/mol. The number of fused-ring (bicyclic) bond motifs is 2. The molecule has 236 valence electrons. The summed E-state index contributed by atoms with van der Waals surface area (Å²) in [7, 11) is -3.96. The molecule has 0 radical (unpaired) electrons. The number of carbonyl (C=O) groups is 2. The number of sulfone groups is 1. The number of likely N-dealkylation sites (tertiary alicyclic amines) is 1. The standard InChI is InChI=1S/C29H28F3N7O5S/c1-14-6-22(18-9-20(31)21(32)10-25(18)45(14,43)44)36-29(42)24-8-17(30)12-38(24)26(40)13-39-23-3-2-15(16-4-5-34-35-11-16)7-19(23)27(37-39)28(33)41/h2-5,7,9-11,14,17,22,24,29,36,42H,6,8,12-13H2,1H3,(H2,33,41). The Bertz CT molecular complexity index is 1920. The highest BCUT2D eigenvalue weighted by Crippen LogP contribution is 2.38. The number of nitrogens with two attached hydrogens (primary N) is 1. The van der Waals surface area contributed by atoms with E-state index in [-0.39, 0.29) is 30.6 Å². The summed E-state index contributed by atoms with van der Waals surface area (Å²) in [6.07, 6.45) is -0.296. The van der Waals surface area contributed by atoms with Gasteiger partial charge in [-0.2, -0.15) is 15.3 Å². The first-order valence-corrected chi connectivity index (χ1v) is 15.6. The number of alkyl halides is 1. The van der Waals surface area contributed by atoms with Crippen molar-refractivity contribution in [3.05, 3.63) is 71.7 Å². The molecule has 0 aliphatic carbocycles. The fraction of sp³-hybridized carbons (Fsp3) is 0.345. The highest BCUT2D eigenvalue weighted by Gasteiger charge is 2.43. The van der Waals surface area contributed by atoms with Crippen LogP contribution in [0.25, 0.3) is 22.0 Å². The molecule has 4 heterocycles. The van der Waals surface area contributed by atoms with Crippen LogP contribution in [0, 0.1) is 11.6 Å². The largest absolute Gasteiger partial charge is 0.376 e. The van der Waals surface area contributed by atoms with Gasteiger partial charge in [0.25, 0.3) is 5.91 Å². The van der Waals surface area contributed by atoms with Gasteiger partial charge in [-0.05, 0) is 54.8 Å². The SMILES string of the molecule is CC1CC(NC(O)C2CC(F)CN2C(=O)Cn2nc(C(N)=O)c3cc(-c4ccnnc4)ccc32)c2cc(F)c(F)cc2S1(=O)=O. The molecule has 5 unspecified atom stereocenters. The van der Waals surface area contributed by atoms with Crippen molar-refractivity contribution in [2.75, 3.05) is 6.54 Å². The summed E-state index contributed by atoms with van der Waals surface area (Å²) in [4.78, 5) is 26.5. The van der Waals surface area contributed by atoms with Crippen LogP contribution in [0.15, 0.2) is 53.7 Å². The van der Waals surface area contributed by atoms with Gasteiger partial charge < -0.3 is 15.7 Å². The second-order valence-corrected chi connectivity index (χ2v) is 13.6. The Balaban J connectivity index is 1.26. The highest BCUT2D eigenvalue weighted by atomic mass is 32.2. The number of nitrogens with zero attached hydrogens (tertiary/aromatic N) is 5. The Morgan fingerprint density at radius 2 is 1.87 bits per heavy atom. The van der Waals surface area contributed by atoms with E-state index in [4.69, 9.17) is 5.73 Å². The molecule has 4 aromatic rings. The molecule has 0 saturated carbocycles. The van der Waals surface area contributed by atoms with Gasteiger partial charge in [0.15, 0.2) is 27.2 Å². The van der Waals surface area contributed by atoms with Crippen LogP contribution in [0.4, 0.5) is 13.2 Å². The number of carbonyl (C=O) groups excluding carboxylic acids is 2. The molecular weight excluding hydrogens is 615 g/mol. The predicted molar refractivity (Wildman–Crippen MR) is 154 cm³/mol. The molecule has 2 aromatic heterocycles. The zero-order valence-electron chi connectivity index (χ0n) is 23.8. The second kappa shape index (κ2) is 11.5. The lowest BCUT2D eigenvalue weighted by Crippen LogP contribution is -2.51.